The van der Waals surface area contributed by atoms with E-state index in [1.54, 1.807) is 14.2 Å². The minimum atomic E-state index is 0.398. The largest absolute Gasteiger partial charge is 0.493 e. The maximum Gasteiger partial charge on any atom is 0.161 e. The molecule has 19 heavy (non-hydrogen) atoms. The van der Waals surface area contributed by atoms with Crippen molar-refractivity contribution in [3.8, 4) is 11.5 Å². The smallest absolute Gasteiger partial charge is 0.161 e. The molecule has 0 amide bonds. The van der Waals surface area contributed by atoms with Crippen molar-refractivity contribution in [2.45, 2.75) is 19.4 Å². The van der Waals surface area contributed by atoms with Crippen molar-refractivity contribution < 1.29 is 9.47 Å². The molecule has 1 heterocycles. The van der Waals surface area contributed by atoms with Crippen LogP contribution in [0.25, 0.3) is 0 Å². The summed E-state index contributed by atoms with van der Waals surface area (Å²) in [5.74, 6) is 2.09. The van der Waals surface area contributed by atoms with Crippen molar-refractivity contribution in [3.05, 3.63) is 23.8 Å². The second-order valence-corrected chi connectivity index (χ2v) is 4.97. The molecule has 0 spiro atoms. The van der Waals surface area contributed by atoms with E-state index in [-0.39, 0.29) is 0 Å². The van der Waals surface area contributed by atoms with Gasteiger partial charge in [-0.15, -0.1) is 0 Å². The van der Waals surface area contributed by atoms with Gasteiger partial charge in [0.05, 0.1) is 14.2 Å². The Balaban J connectivity index is 2.33. The molecule has 1 aromatic carbocycles. The summed E-state index contributed by atoms with van der Waals surface area (Å²) < 4.78 is 10.7. The molecule has 0 aromatic heterocycles. The van der Waals surface area contributed by atoms with Crippen molar-refractivity contribution in [2.24, 2.45) is 11.7 Å². The molecule has 4 nitrogen and oxygen atoms in total. The van der Waals surface area contributed by atoms with Crippen LogP contribution in [0.5, 0.6) is 11.5 Å². The maximum atomic E-state index is 5.92. The third-order valence-electron chi connectivity index (χ3n) is 4.09. The van der Waals surface area contributed by atoms with Gasteiger partial charge in [-0.25, -0.2) is 0 Å². The quantitative estimate of drug-likeness (QED) is 0.884. The number of nitrogens with two attached hydrogens (primary N) is 1. The van der Waals surface area contributed by atoms with Gasteiger partial charge in [-0.05, 0) is 49.7 Å². The molecule has 2 N–H and O–H groups in total. The first kappa shape index (κ1) is 14.2. The lowest BCUT2D eigenvalue weighted by Crippen LogP contribution is -2.28. The first-order valence-electron chi connectivity index (χ1n) is 6.91. The fourth-order valence-corrected chi connectivity index (χ4v) is 3.05. The van der Waals surface area contributed by atoms with Gasteiger partial charge in [0.2, 0.25) is 0 Å². The molecule has 1 saturated heterocycles. The van der Waals surface area contributed by atoms with Crippen molar-refractivity contribution >= 4 is 0 Å². The van der Waals surface area contributed by atoms with E-state index < -0.39 is 0 Å². The van der Waals surface area contributed by atoms with Gasteiger partial charge in [-0.2, -0.15) is 0 Å². The van der Waals surface area contributed by atoms with Gasteiger partial charge in [0.25, 0.3) is 0 Å². The molecule has 2 unspecified atom stereocenters. The Labute approximate surface area is 115 Å². The fourth-order valence-electron chi connectivity index (χ4n) is 3.05. The minimum Gasteiger partial charge on any atom is -0.493 e. The Bertz CT molecular complexity index is 411. The summed E-state index contributed by atoms with van der Waals surface area (Å²) in [6.07, 6.45) is 1.17. The molecule has 1 aromatic rings. The van der Waals surface area contributed by atoms with Gasteiger partial charge in [0, 0.05) is 6.04 Å². The van der Waals surface area contributed by atoms with E-state index in [4.69, 9.17) is 15.2 Å². The highest BCUT2D eigenvalue weighted by molar-refractivity contribution is 5.44. The number of hydrogen-bond acceptors (Lipinski definition) is 4. The molecule has 0 saturated carbocycles. The van der Waals surface area contributed by atoms with Crippen LogP contribution < -0.4 is 15.2 Å². The molecule has 0 aliphatic carbocycles. The number of methoxy groups -OCH3 is 2. The van der Waals surface area contributed by atoms with Gasteiger partial charge in [-0.3, -0.25) is 4.90 Å². The summed E-state index contributed by atoms with van der Waals surface area (Å²) in [5, 5.41) is 0. The zero-order valence-electron chi connectivity index (χ0n) is 12.1. The Morgan fingerprint density at radius 2 is 2.00 bits per heavy atom. The lowest BCUT2D eigenvalue weighted by molar-refractivity contribution is 0.241. The molecule has 0 radical (unpaired) electrons. The Hall–Kier alpha value is -1.26. The number of rotatable bonds is 5. The molecule has 106 valence electrons. The molecule has 4 heteroatoms. The monoisotopic (exact) mass is 264 g/mol. The fraction of sp³-hybridized carbons (Fsp3) is 0.600. The lowest BCUT2D eigenvalue weighted by Gasteiger charge is -2.27. The molecular formula is C15H24N2O2. The summed E-state index contributed by atoms with van der Waals surface area (Å²) >= 11 is 0. The highest BCUT2D eigenvalue weighted by Gasteiger charge is 2.33. The highest BCUT2D eigenvalue weighted by Crippen LogP contribution is 2.39. The Morgan fingerprint density at radius 1 is 1.26 bits per heavy atom. The Kier molecular flexibility index (Phi) is 4.66. The zero-order valence-corrected chi connectivity index (χ0v) is 12.1. The van der Waals surface area contributed by atoms with Crippen LogP contribution in [0.3, 0.4) is 0 Å². The number of hydrogen-bond donors (Lipinski definition) is 1. The van der Waals surface area contributed by atoms with Crippen molar-refractivity contribution in [1.29, 1.82) is 0 Å². The third kappa shape index (κ3) is 2.69. The molecule has 2 atom stereocenters. The highest BCUT2D eigenvalue weighted by atomic mass is 16.5. The molecule has 2 rings (SSSR count). The van der Waals surface area contributed by atoms with E-state index in [1.165, 1.54) is 12.0 Å². The average Bonchev–Trinajstić information content (AvgIpc) is 2.89. The second-order valence-electron chi connectivity index (χ2n) is 4.97. The van der Waals surface area contributed by atoms with E-state index in [9.17, 15) is 0 Å². The van der Waals surface area contributed by atoms with E-state index >= 15 is 0 Å². The topological polar surface area (TPSA) is 47.7 Å². The molecular weight excluding hydrogens is 240 g/mol. The van der Waals surface area contributed by atoms with Crippen molar-refractivity contribution in [3.63, 3.8) is 0 Å². The second kappa shape index (κ2) is 6.26. The number of nitrogens with zero attached hydrogens (tertiary/aromatic N) is 1. The normalized spacial score (nSPS) is 23.6. The number of benzene rings is 1. The van der Waals surface area contributed by atoms with Gasteiger partial charge in [-0.1, -0.05) is 13.0 Å². The van der Waals surface area contributed by atoms with Gasteiger partial charge in [0.15, 0.2) is 11.5 Å². The van der Waals surface area contributed by atoms with E-state index in [0.717, 1.165) is 31.1 Å². The SMILES string of the molecule is CCN1CCC(CN)C1c1ccc(OC)c(OC)c1. The van der Waals surface area contributed by atoms with Gasteiger partial charge < -0.3 is 15.2 Å². The van der Waals surface area contributed by atoms with Gasteiger partial charge in [0.1, 0.15) is 0 Å². The van der Waals surface area contributed by atoms with E-state index in [1.807, 2.05) is 6.07 Å². The third-order valence-corrected chi connectivity index (χ3v) is 4.09. The first-order chi connectivity index (χ1) is 9.24. The van der Waals surface area contributed by atoms with E-state index in [0.29, 0.717) is 12.0 Å². The predicted molar refractivity (Wildman–Crippen MR) is 76.7 cm³/mol. The van der Waals surface area contributed by atoms with Crippen LogP contribution in [0.2, 0.25) is 0 Å². The predicted octanol–water partition coefficient (Wildman–Crippen LogP) is 2.05. The van der Waals surface area contributed by atoms with Crippen molar-refractivity contribution in [2.75, 3.05) is 33.9 Å². The van der Waals surface area contributed by atoms with Crippen LogP contribution in [-0.4, -0.2) is 38.8 Å². The van der Waals surface area contributed by atoms with Crippen LogP contribution in [0.1, 0.15) is 24.9 Å². The summed E-state index contributed by atoms with van der Waals surface area (Å²) in [6, 6.07) is 6.59. The van der Waals surface area contributed by atoms with E-state index in [2.05, 4.69) is 24.0 Å². The van der Waals surface area contributed by atoms with Crippen LogP contribution in [0, 0.1) is 5.92 Å². The number of ether oxygens (including phenoxy) is 2. The van der Waals surface area contributed by atoms with Crippen molar-refractivity contribution in [1.82, 2.24) is 4.90 Å². The number of likely N-dealkylation sites (tertiary alicyclic amines) is 1. The standard InChI is InChI=1S/C15H24N2O2/c1-4-17-8-7-12(10-16)15(17)11-5-6-13(18-2)14(9-11)19-3/h5-6,9,12,15H,4,7-8,10,16H2,1-3H3. The Morgan fingerprint density at radius 3 is 2.58 bits per heavy atom. The summed E-state index contributed by atoms with van der Waals surface area (Å²) in [6.45, 7) is 5.11. The average molecular weight is 264 g/mol. The van der Waals surface area contributed by atoms with Gasteiger partial charge >= 0.3 is 0 Å². The summed E-state index contributed by atoms with van der Waals surface area (Å²) in [5.41, 5.74) is 7.19. The van der Waals surface area contributed by atoms with Crippen LogP contribution in [-0.2, 0) is 0 Å². The maximum absolute atomic E-state index is 5.92. The first-order valence-corrected chi connectivity index (χ1v) is 6.91. The molecule has 0 bridgehead atoms. The van der Waals surface area contributed by atoms with Crippen LogP contribution in [0.15, 0.2) is 18.2 Å². The minimum absolute atomic E-state index is 0.398. The molecule has 1 fully saturated rings. The van der Waals surface area contributed by atoms with Crippen LogP contribution >= 0.6 is 0 Å². The summed E-state index contributed by atoms with van der Waals surface area (Å²) in [7, 11) is 3.34. The van der Waals surface area contributed by atoms with Crippen LogP contribution in [0.4, 0.5) is 0 Å². The summed E-state index contributed by atoms with van der Waals surface area (Å²) in [4.78, 5) is 2.48. The molecule has 1 aliphatic heterocycles. The lowest BCUT2D eigenvalue weighted by atomic mass is 9.93. The zero-order chi connectivity index (χ0) is 13.8. The molecule has 1 aliphatic rings.